The minimum atomic E-state index is -0.351. The first-order chi connectivity index (χ1) is 16.0. The van der Waals surface area contributed by atoms with Crippen LogP contribution in [0.3, 0.4) is 0 Å². The SMILES string of the molecule is COc1cc(C(=O)N[C@@H](Cc2ccccc2)c2nc3ccccc3n2C)cc(OC)c1OC. The van der Waals surface area contributed by atoms with Crippen molar-refractivity contribution in [3.05, 3.63) is 83.7 Å². The van der Waals surface area contributed by atoms with Crippen LogP contribution in [0.25, 0.3) is 11.0 Å². The fraction of sp³-hybridized carbons (Fsp3) is 0.231. The molecule has 1 heterocycles. The molecule has 4 aromatic rings. The van der Waals surface area contributed by atoms with Crippen LogP contribution in [-0.4, -0.2) is 36.8 Å². The molecule has 7 heteroatoms. The number of para-hydroxylation sites is 2. The normalized spacial score (nSPS) is 11.8. The monoisotopic (exact) mass is 445 g/mol. The van der Waals surface area contributed by atoms with Gasteiger partial charge in [-0.3, -0.25) is 4.79 Å². The zero-order chi connectivity index (χ0) is 23.4. The number of nitrogens with one attached hydrogen (secondary N) is 1. The number of nitrogens with zero attached hydrogens (tertiary/aromatic N) is 2. The number of hydrogen-bond donors (Lipinski definition) is 1. The highest BCUT2D eigenvalue weighted by atomic mass is 16.5. The Bertz CT molecular complexity index is 1240. The Hall–Kier alpha value is -4.00. The number of methoxy groups -OCH3 is 3. The number of fused-ring (bicyclic) bond motifs is 1. The van der Waals surface area contributed by atoms with Gasteiger partial charge < -0.3 is 24.1 Å². The number of carbonyl (C=O) groups is 1. The average molecular weight is 446 g/mol. The lowest BCUT2D eigenvalue weighted by molar-refractivity contribution is 0.0933. The van der Waals surface area contributed by atoms with Gasteiger partial charge in [0.15, 0.2) is 11.5 Å². The van der Waals surface area contributed by atoms with E-state index in [0.717, 1.165) is 22.4 Å². The van der Waals surface area contributed by atoms with E-state index in [9.17, 15) is 4.79 Å². The van der Waals surface area contributed by atoms with E-state index in [2.05, 4.69) is 5.32 Å². The molecule has 4 rings (SSSR count). The van der Waals surface area contributed by atoms with E-state index in [1.165, 1.54) is 21.3 Å². The molecule has 0 aliphatic rings. The van der Waals surface area contributed by atoms with E-state index in [1.807, 2.05) is 66.2 Å². The zero-order valence-electron chi connectivity index (χ0n) is 19.2. The minimum absolute atomic E-state index is 0.262. The highest BCUT2D eigenvalue weighted by Gasteiger charge is 2.24. The first kappa shape index (κ1) is 22.2. The molecule has 0 saturated heterocycles. The molecule has 0 aliphatic heterocycles. The minimum Gasteiger partial charge on any atom is -0.493 e. The maximum absolute atomic E-state index is 13.4. The van der Waals surface area contributed by atoms with Crippen molar-refractivity contribution in [3.8, 4) is 17.2 Å². The summed E-state index contributed by atoms with van der Waals surface area (Å²) in [5.74, 6) is 1.80. The second-order valence-electron chi connectivity index (χ2n) is 7.65. The van der Waals surface area contributed by atoms with Gasteiger partial charge in [-0.05, 0) is 36.2 Å². The summed E-state index contributed by atoms with van der Waals surface area (Å²) >= 11 is 0. The molecule has 0 bridgehead atoms. The standard InChI is InChI=1S/C26H27N3O4/c1-29-21-13-9-8-12-19(21)27-25(29)20(14-17-10-6-5-7-11-17)28-26(30)18-15-22(31-2)24(33-4)23(16-18)32-3/h5-13,15-16,20H,14H2,1-4H3,(H,28,30)/t20-/m0/s1. The quantitative estimate of drug-likeness (QED) is 0.437. The summed E-state index contributed by atoms with van der Waals surface area (Å²) in [6.45, 7) is 0. The topological polar surface area (TPSA) is 74.6 Å². The molecular weight excluding hydrogens is 418 g/mol. The third-order valence-corrected chi connectivity index (χ3v) is 5.65. The van der Waals surface area contributed by atoms with Crippen molar-refractivity contribution in [1.29, 1.82) is 0 Å². The van der Waals surface area contributed by atoms with E-state index in [1.54, 1.807) is 12.1 Å². The Labute approximate surface area is 192 Å². The van der Waals surface area contributed by atoms with Gasteiger partial charge in [-0.25, -0.2) is 4.98 Å². The fourth-order valence-corrected chi connectivity index (χ4v) is 3.99. The smallest absolute Gasteiger partial charge is 0.252 e. The molecule has 0 fully saturated rings. The first-order valence-electron chi connectivity index (χ1n) is 10.6. The number of imidazole rings is 1. The van der Waals surface area contributed by atoms with Crippen molar-refractivity contribution in [2.45, 2.75) is 12.5 Å². The van der Waals surface area contributed by atoms with Gasteiger partial charge in [0, 0.05) is 12.6 Å². The molecule has 0 unspecified atom stereocenters. The lowest BCUT2D eigenvalue weighted by Crippen LogP contribution is -2.31. The van der Waals surface area contributed by atoms with Crippen LogP contribution in [0.1, 0.15) is 27.8 Å². The van der Waals surface area contributed by atoms with Crippen LogP contribution in [0.2, 0.25) is 0 Å². The number of aromatic nitrogens is 2. The second kappa shape index (κ2) is 9.65. The van der Waals surface area contributed by atoms with Crippen molar-refractivity contribution >= 4 is 16.9 Å². The zero-order valence-corrected chi connectivity index (χ0v) is 19.2. The second-order valence-corrected chi connectivity index (χ2v) is 7.65. The first-order valence-corrected chi connectivity index (χ1v) is 10.6. The molecule has 1 atom stereocenters. The Morgan fingerprint density at radius 2 is 1.58 bits per heavy atom. The van der Waals surface area contributed by atoms with E-state index in [0.29, 0.717) is 29.2 Å². The van der Waals surface area contributed by atoms with Crippen LogP contribution >= 0.6 is 0 Å². The summed E-state index contributed by atoms with van der Waals surface area (Å²) in [6, 6.07) is 20.9. The Kier molecular flexibility index (Phi) is 6.49. The van der Waals surface area contributed by atoms with Crippen molar-refractivity contribution in [1.82, 2.24) is 14.9 Å². The van der Waals surface area contributed by atoms with Crippen molar-refractivity contribution in [2.24, 2.45) is 7.05 Å². The molecule has 0 spiro atoms. The van der Waals surface area contributed by atoms with Crippen molar-refractivity contribution < 1.29 is 19.0 Å². The van der Waals surface area contributed by atoms with Crippen LogP contribution < -0.4 is 19.5 Å². The van der Waals surface area contributed by atoms with Gasteiger partial charge in [0.2, 0.25) is 5.75 Å². The molecule has 1 aromatic heterocycles. The van der Waals surface area contributed by atoms with E-state index >= 15 is 0 Å². The molecule has 170 valence electrons. The van der Waals surface area contributed by atoms with Gasteiger partial charge >= 0.3 is 0 Å². The summed E-state index contributed by atoms with van der Waals surface area (Å²) in [4.78, 5) is 18.2. The Morgan fingerprint density at radius 1 is 0.939 bits per heavy atom. The van der Waals surface area contributed by atoms with Crippen molar-refractivity contribution in [2.75, 3.05) is 21.3 Å². The third-order valence-electron chi connectivity index (χ3n) is 5.65. The Balaban J connectivity index is 1.72. The lowest BCUT2D eigenvalue weighted by Gasteiger charge is -2.20. The predicted octanol–water partition coefficient (Wildman–Crippen LogP) is 4.31. The molecule has 7 nitrogen and oxygen atoms in total. The van der Waals surface area contributed by atoms with Crippen LogP contribution in [0.15, 0.2) is 66.7 Å². The summed E-state index contributed by atoms with van der Waals surface area (Å²) < 4.78 is 18.2. The van der Waals surface area contributed by atoms with Crippen LogP contribution in [0.4, 0.5) is 0 Å². The number of carbonyl (C=O) groups excluding carboxylic acids is 1. The van der Waals surface area contributed by atoms with Gasteiger partial charge in [0.25, 0.3) is 5.91 Å². The highest BCUT2D eigenvalue weighted by molar-refractivity contribution is 5.96. The van der Waals surface area contributed by atoms with Crippen LogP contribution in [-0.2, 0) is 13.5 Å². The van der Waals surface area contributed by atoms with Crippen molar-refractivity contribution in [3.63, 3.8) is 0 Å². The number of benzene rings is 3. The summed E-state index contributed by atoms with van der Waals surface area (Å²) in [5.41, 5.74) is 3.39. The summed E-state index contributed by atoms with van der Waals surface area (Å²) in [6.07, 6.45) is 0.591. The van der Waals surface area contributed by atoms with Crippen LogP contribution in [0, 0.1) is 0 Å². The van der Waals surface area contributed by atoms with Gasteiger partial charge in [-0.2, -0.15) is 0 Å². The van der Waals surface area contributed by atoms with Gasteiger partial charge in [-0.15, -0.1) is 0 Å². The summed E-state index contributed by atoms with van der Waals surface area (Å²) in [7, 11) is 6.54. The molecule has 0 radical (unpaired) electrons. The third kappa shape index (κ3) is 4.48. The van der Waals surface area contributed by atoms with Gasteiger partial charge in [-0.1, -0.05) is 42.5 Å². The fourth-order valence-electron chi connectivity index (χ4n) is 3.99. The predicted molar refractivity (Wildman–Crippen MR) is 127 cm³/mol. The molecule has 3 aromatic carbocycles. The molecule has 0 saturated carbocycles. The largest absolute Gasteiger partial charge is 0.493 e. The van der Waals surface area contributed by atoms with E-state index < -0.39 is 0 Å². The lowest BCUT2D eigenvalue weighted by atomic mass is 10.0. The molecular formula is C26H27N3O4. The maximum Gasteiger partial charge on any atom is 0.252 e. The number of ether oxygens (including phenoxy) is 3. The Morgan fingerprint density at radius 3 is 2.18 bits per heavy atom. The molecule has 1 amide bonds. The maximum atomic E-state index is 13.4. The molecule has 33 heavy (non-hydrogen) atoms. The van der Waals surface area contributed by atoms with E-state index in [4.69, 9.17) is 19.2 Å². The molecule has 1 N–H and O–H groups in total. The number of rotatable bonds is 8. The highest BCUT2D eigenvalue weighted by Crippen LogP contribution is 2.38. The summed E-state index contributed by atoms with van der Waals surface area (Å²) in [5, 5.41) is 3.17. The molecule has 0 aliphatic carbocycles. The average Bonchev–Trinajstić information content (AvgIpc) is 3.19. The number of hydrogen-bond acceptors (Lipinski definition) is 5. The van der Waals surface area contributed by atoms with Crippen LogP contribution in [0.5, 0.6) is 17.2 Å². The van der Waals surface area contributed by atoms with Gasteiger partial charge in [0.05, 0.1) is 38.4 Å². The van der Waals surface area contributed by atoms with Gasteiger partial charge in [0.1, 0.15) is 5.82 Å². The number of aryl methyl sites for hydroxylation is 1. The van der Waals surface area contributed by atoms with E-state index in [-0.39, 0.29) is 11.9 Å². The number of amides is 1.